The van der Waals surface area contributed by atoms with Crippen LogP contribution in [0.25, 0.3) is 0 Å². The number of nitrogens with one attached hydrogen (secondary N) is 2. The lowest BCUT2D eigenvalue weighted by Gasteiger charge is -2.31. The van der Waals surface area contributed by atoms with Crippen LogP contribution >= 0.6 is 0 Å². The lowest BCUT2D eigenvalue weighted by molar-refractivity contribution is 0.0940. The zero-order chi connectivity index (χ0) is 18.6. The first kappa shape index (κ1) is 18.2. The van der Waals surface area contributed by atoms with Crippen molar-refractivity contribution in [2.24, 2.45) is 0 Å². The summed E-state index contributed by atoms with van der Waals surface area (Å²) in [5.41, 5.74) is -0.0904. The Balaban J connectivity index is 1.71. The molecule has 1 aliphatic rings. The lowest BCUT2D eigenvalue weighted by atomic mass is 9.96. The van der Waals surface area contributed by atoms with Crippen molar-refractivity contribution >= 4 is 11.9 Å². The Morgan fingerprint density at radius 3 is 2.58 bits per heavy atom. The van der Waals surface area contributed by atoms with Crippen LogP contribution in [0.2, 0.25) is 0 Å². The summed E-state index contributed by atoms with van der Waals surface area (Å²) in [6.45, 7) is 6.69. The first-order valence-corrected chi connectivity index (χ1v) is 8.90. The van der Waals surface area contributed by atoms with E-state index >= 15 is 0 Å². The molecule has 8 nitrogen and oxygen atoms in total. The third-order valence-electron chi connectivity index (χ3n) is 4.56. The minimum absolute atomic E-state index is 0.150. The summed E-state index contributed by atoms with van der Waals surface area (Å²) < 4.78 is 0. The van der Waals surface area contributed by atoms with E-state index in [1.165, 1.54) is 18.7 Å². The Hall–Kier alpha value is -2.64. The molecule has 0 radical (unpaired) electrons. The molecule has 2 heterocycles. The molecule has 0 aliphatic heterocycles. The van der Waals surface area contributed by atoms with Crippen LogP contribution in [-0.2, 0) is 5.41 Å². The summed E-state index contributed by atoms with van der Waals surface area (Å²) >= 11 is 0. The SMILES string of the molecule is CC(C)(C)c1ncnc(NC2(CNC(=O)c3cnccn3)CCCC2)n1. The molecule has 1 fully saturated rings. The standard InChI is InChI=1S/C18H25N7O/c1-17(2,3)15-22-12-23-16(24-15)25-18(6-4-5-7-18)11-21-14(26)13-10-19-8-9-20-13/h8-10,12H,4-7,11H2,1-3H3,(H,21,26)(H,22,23,24,25). The summed E-state index contributed by atoms with van der Waals surface area (Å²) in [6.07, 6.45) is 10.2. The molecule has 2 aromatic heterocycles. The molecule has 0 bridgehead atoms. The monoisotopic (exact) mass is 355 g/mol. The highest BCUT2D eigenvalue weighted by molar-refractivity contribution is 5.91. The van der Waals surface area contributed by atoms with Crippen LogP contribution in [0, 0.1) is 0 Å². The van der Waals surface area contributed by atoms with E-state index in [9.17, 15) is 4.79 Å². The molecule has 2 aromatic rings. The van der Waals surface area contributed by atoms with Crippen molar-refractivity contribution in [2.45, 2.75) is 57.4 Å². The molecular weight excluding hydrogens is 330 g/mol. The van der Waals surface area contributed by atoms with Crippen LogP contribution < -0.4 is 10.6 Å². The maximum absolute atomic E-state index is 12.3. The first-order valence-electron chi connectivity index (χ1n) is 8.90. The van der Waals surface area contributed by atoms with Gasteiger partial charge in [0.1, 0.15) is 17.8 Å². The second kappa shape index (κ2) is 7.31. The number of anilines is 1. The van der Waals surface area contributed by atoms with Crippen molar-refractivity contribution in [3.63, 3.8) is 0 Å². The molecule has 0 atom stereocenters. The number of rotatable bonds is 5. The lowest BCUT2D eigenvalue weighted by Crippen LogP contribution is -2.47. The second-order valence-corrected chi connectivity index (χ2v) is 7.77. The summed E-state index contributed by atoms with van der Waals surface area (Å²) in [4.78, 5) is 33.4. The zero-order valence-electron chi connectivity index (χ0n) is 15.5. The predicted octanol–water partition coefficient (Wildman–Crippen LogP) is 2.11. The quantitative estimate of drug-likeness (QED) is 0.846. The van der Waals surface area contributed by atoms with Gasteiger partial charge in [0, 0.05) is 24.4 Å². The fourth-order valence-electron chi connectivity index (χ4n) is 3.11. The van der Waals surface area contributed by atoms with Gasteiger partial charge in [-0.3, -0.25) is 9.78 Å². The van der Waals surface area contributed by atoms with Crippen molar-refractivity contribution in [3.05, 3.63) is 36.4 Å². The topological polar surface area (TPSA) is 106 Å². The second-order valence-electron chi connectivity index (χ2n) is 7.77. The Morgan fingerprint density at radius 1 is 1.15 bits per heavy atom. The average molecular weight is 355 g/mol. The normalized spacial score (nSPS) is 16.3. The molecular formula is C18H25N7O. The van der Waals surface area contributed by atoms with Gasteiger partial charge in [0.25, 0.3) is 5.91 Å². The summed E-state index contributed by atoms with van der Waals surface area (Å²) in [7, 11) is 0. The third kappa shape index (κ3) is 4.30. The summed E-state index contributed by atoms with van der Waals surface area (Å²) in [5.74, 6) is 1.07. The van der Waals surface area contributed by atoms with Gasteiger partial charge in [-0.1, -0.05) is 33.6 Å². The number of nitrogens with zero attached hydrogens (tertiary/aromatic N) is 5. The number of hydrogen-bond acceptors (Lipinski definition) is 7. The number of amides is 1. The van der Waals surface area contributed by atoms with Crippen molar-refractivity contribution in [1.82, 2.24) is 30.2 Å². The van der Waals surface area contributed by atoms with Crippen molar-refractivity contribution in [3.8, 4) is 0 Å². The smallest absolute Gasteiger partial charge is 0.271 e. The van der Waals surface area contributed by atoms with Crippen LogP contribution in [0.5, 0.6) is 0 Å². The van der Waals surface area contributed by atoms with E-state index in [-0.39, 0.29) is 16.9 Å². The fourth-order valence-corrected chi connectivity index (χ4v) is 3.11. The molecule has 0 spiro atoms. The van der Waals surface area contributed by atoms with Gasteiger partial charge in [0.2, 0.25) is 5.95 Å². The average Bonchev–Trinajstić information content (AvgIpc) is 3.09. The highest BCUT2D eigenvalue weighted by atomic mass is 16.1. The molecule has 138 valence electrons. The molecule has 0 aromatic carbocycles. The Morgan fingerprint density at radius 2 is 1.92 bits per heavy atom. The van der Waals surface area contributed by atoms with Crippen LogP contribution in [-0.4, -0.2) is 42.9 Å². The van der Waals surface area contributed by atoms with Gasteiger partial charge >= 0.3 is 0 Å². The highest BCUT2D eigenvalue weighted by Crippen LogP contribution is 2.32. The summed E-state index contributed by atoms with van der Waals surface area (Å²) in [5, 5.41) is 6.43. The Bertz CT molecular complexity index is 752. The number of carbonyl (C=O) groups excluding carboxylic acids is 1. The van der Waals surface area contributed by atoms with Gasteiger partial charge < -0.3 is 10.6 Å². The van der Waals surface area contributed by atoms with E-state index < -0.39 is 0 Å². The molecule has 1 aliphatic carbocycles. The molecule has 0 saturated heterocycles. The van der Waals surface area contributed by atoms with E-state index in [4.69, 9.17) is 0 Å². The van der Waals surface area contributed by atoms with E-state index in [0.717, 1.165) is 31.5 Å². The van der Waals surface area contributed by atoms with Crippen LogP contribution in [0.4, 0.5) is 5.95 Å². The fraction of sp³-hybridized carbons (Fsp3) is 0.556. The van der Waals surface area contributed by atoms with Gasteiger partial charge in [-0.2, -0.15) is 4.98 Å². The zero-order valence-corrected chi connectivity index (χ0v) is 15.5. The Kier molecular flexibility index (Phi) is 5.11. The predicted molar refractivity (Wildman–Crippen MR) is 97.7 cm³/mol. The van der Waals surface area contributed by atoms with Gasteiger partial charge in [0.05, 0.1) is 11.7 Å². The van der Waals surface area contributed by atoms with Crippen molar-refractivity contribution in [2.75, 3.05) is 11.9 Å². The molecule has 26 heavy (non-hydrogen) atoms. The van der Waals surface area contributed by atoms with Crippen molar-refractivity contribution < 1.29 is 4.79 Å². The first-order chi connectivity index (χ1) is 12.4. The van der Waals surface area contributed by atoms with Gasteiger partial charge in [-0.05, 0) is 12.8 Å². The molecule has 8 heteroatoms. The minimum atomic E-state index is -0.256. The van der Waals surface area contributed by atoms with Gasteiger partial charge in [0.15, 0.2) is 0 Å². The maximum Gasteiger partial charge on any atom is 0.271 e. The number of carbonyl (C=O) groups is 1. The van der Waals surface area contributed by atoms with E-state index in [2.05, 4.69) is 56.3 Å². The molecule has 3 rings (SSSR count). The van der Waals surface area contributed by atoms with Crippen molar-refractivity contribution in [1.29, 1.82) is 0 Å². The maximum atomic E-state index is 12.3. The molecule has 1 saturated carbocycles. The molecule has 1 amide bonds. The molecule has 2 N–H and O–H groups in total. The van der Waals surface area contributed by atoms with E-state index in [1.807, 2.05) is 0 Å². The third-order valence-corrected chi connectivity index (χ3v) is 4.56. The van der Waals surface area contributed by atoms with Crippen LogP contribution in [0.15, 0.2) is 24.9 Å². The largest absolute Gasteiger partial charge is 0.348 e. The van der Waals surface area contributed by atoms with Gasteiger partial charge in [-0.15, -0.1) is 0 Å². The molecule has 0 unspecified atom stereocenters. The summed E-state index contributed by atoms with van der Waals surface area (Å²) in [6, 6.07) is 0. The Labute approximate surface area is 153 Å². The highest BCUT2D eigenvalue weighted by Gasteiger charge is 2.35. The number of aromatic nitrogens is 5. The van der Waals surface area contributed by atoms with E-state index in [1.54, 1.807) is 6.20 Å². The van der Waals surface area contributed by atoms with Crippen LogP contribution in [0.1, 0.15) is 62.8 Å². The van der Waals surface area contributed by atoms with E-state index in [0.29, 0.717) is 18.2 Å². The van der Waals surface area contributed by atoms with Crippen LogP contribution in [0.3, 0.4) is 0 Å². The number of hydrogen-bond donors (Lipinski definition) is 2. The minimum Gasteiger partial charge on any atom is -0.348 e. The van der Waals surface area contributed by atoms with Gasteiger partial charge in [-0.25, -0.2) is 15.0 Å².